The topological polar surface area (TPSA) is 75.5 Å². The smallest absolute Gasteiger partial charge is 0.233 e. The molecule has 156 valence electrons. The van der Waals surface area contributed by atoms with E-state index in [0.717, 1.165) is 62.9 Å². The zero-order valence-electron chi connectivity index (χ0n) is 17.3. The van der Waals surface area contributed by atoms with Gasteiger partial charge >= 0.3 is 0 Å². The summed E-state index contributed by atoms with van der Waals surface area (Å²) in [6.45, 7) is 8.07. The van der Waals surface area contributed by atoms with E-state index in [0.29, 0.717) is 13.1 Å². The van der Waals surface area contributed by atoms with Crippen LogP contribution in [-0.2, 0) is 28.0 Å². The molecular formula is C21H30N6O2. The third-order valence-electron chi connectivity index (χ3n) is 5.79. The highest BCUT2D eigenvalue weighted by atomic mass is 16.5. The fourth-order valence-corrected chi connectivity index (χ4v) is 4.27. The van der Waals surface area contributed by atoms with Crippen LogP contribution in [0.25, 0.3) is 0 Å². The third kappa shape index (κ3) is 4.28. The number of hydrogen-bond donors (Lipinski definition) is 1. The maximum absolute atomic E-state index is 13.2. The molecule has 1 fully saturated rings. The number of nitrogens with one attached hydrogen (secondary N) is 1. The van der Waals surface area contributed by atoms with E-state index in [1.165, 1.54) is 0 Å². The Morgan fingerprint density at radius 3 is 2.90 bits per heavy atom. The first-order chi connectivity index (χ1) is 14.1. The van der Waals surface area contributed by atoms with Crippen LogP contribution in [0.1, 0.15) is 24.6 Å². The molecule has 4 rings (SSSR count). The number of nitrogens with zero attached hydrogens (tertiary/aromatic N) is 5. The number of amides is 1. The Morgan fingerprint density at radius 1 is 1.31 bits per heavy atom. The van der Waals surface area contributed by atoms with Gasteiger partial charge in [-0.3, -0.25) is 4.79 Å². The van der Waals surface area contributed by atoms with Gasteiger partial charge in [-0.1, -0.05) is 6.07 Å². The fraction of sp³-hybridized carbons (Fsp3) is 0.571. The van der Waals surface area contributed by atoms with Crippen LogP contribution in [0, 0.1) is 0 Å². The monoisotopic (exact) mass is 398 g/mol. The van der Waals surface area contributed by atoms with Crippen molar-refractivity contribution in [2.45, 2.75) is 31.8 Å². The second-order valence-electron chi connectivity index (χ2n) is 8.19. The summed E-state index contributed by atoms with van der Waals surface area (Å²) >= 11 is 0. The van der Waals surface area contributed by atoms with Gasteiger partial charge in [-0.15, -0.1) is 0 Å². The van der Waals surface area contributed by atoms with Gasteiger partial charge in [0, 0.05) is 51.7 Å². The zero-order chi connectivity index (χ0) is 20.3. The van der Waals surface area contributed by atoms with Gasteiger partial charge in [0.1, 0.15) is 11.2 Å². The first-order valence-corrected chi connectivity index (χ1v) is 10.3. The van der Waals surface area contributed by atoms with Crippen LogP contribution in [0.15, 0.2) is 30.9 Å². The molecule has 1 amide bonds. The molecule has 0 radical (unpaired) electrons. The van der Waals surface area contributed by atoms with Gasteiger partial charge in [0.05, 0.1) is 25.2 Å². The lowest BCUT2D eigenvalue weighted by Gasteiger charge is -2.39. The third-order valence-corrected chi connectivity index (χ3v) is 5.79. The van der Waals surface area contributed by atoms with E-state index in [1.54, 1.807) is 12.5 Å². The lowest BCUT2D eigenvalue weighted by molar-refractivity contribution is -0.127. The minimum absolute atomic E-state index is 0.0440. The number of fused-ring (bicyclic) bond motifs is 1. The van der Waals surface area contributed by atoms with Gasteiger partial charge in [0.2, 0.25) is 5.91 Å². The summed E-state index contributed by atoms with van der Waals surface area (Å²) in [6, 6.07) is 4.21. The summed E-state index contributed by atoms with van der Waals surface area (Å²) < 4.78 is 7.48. The molecule has 0 saturated carbocycles. The number of aromatic nitrogens is 3. The molecule has 29 heavy (non-hydrogen) atoms. The van der Waals surface area contributed by atoms with Crippen molar-refractivity contribution in [3.8, 4) is 0 Å². The highest BCUT2D eigenvalue weighted by Gasteiger charge is 2.42. The number of hydrogen-bond acceptors (Lipinski definition) is 6. The molecule has 8 nitrogen and oxygen atoms in total. The number of pyridine rings is 1. The van der Waals surface area contributed by atoms with Crippen LogP contribution >= 0.6 is 0 Å². The van der Waals surface area contributed by atoms with E-state index in [4.69, 9.17) is 9.72 Å². The van der Waals surface area contributed by atoms with Crippen LogP contribution < -0.4 is 10.2 Å². The number of imidazole rings is 1. The van der Waals surface area contributed by atoms with E-state index < -0.39 is 5.41 Å². The second-order valence-corrected chi connectivity index (χ2v) is 8.19. The predicted octanol–water partition coefficient (Wildman–Crippen LogP) is 1.02. The first-order valence-electron chi connectivity index (χ1n) is 10.3. The fourth-order valence-electron chi connectivity index (χ4n) is 4.27. The SMILES string of the molecule is CN1Cc2ccc(N3CCOCC3)nc2C(C)(C(=O)NCCCn2ccnc2)C1. The summed E-state index contributed by atoms with van der Waals surface area (Å²) in [6.07, 6.45) is 6.37. The standard InChI is InChI=1S/C21H30N6O2/c1-21(20(28)23-6-3-8-26-9-7-22-16-26)15-25(2)14-17-4-5-18(24-19(17)21)27-10-12-29-13-11-27/h4-5,7,9,16H,3,6,8,10-15H2,1-2H3,(H,23,28). The summed E-state index contributed by atoms with van der Waals surface area (Å²) in [5.41, 5.74) is 1.37. The van der Waals surface area contributed by atoms with Crippen molar-refractivity contribution in [1.82, 2.24) is 24.8 Å². The molecule has 2 aliphatic heterocycles. The average Bonchev–Trinajstić information content (AvgIpc) is 3.25. The molecule has 1 unspecified atom stereocenters. The Morgan fingerprint density at radius 2 is 2.14 bits per heavy atom. The predicted molar refractivity (Wildman–Crippen MR) is 111 cm³/mol. The van der Waals surface area contributed by atoms with Crippen LogP contribution in [0.4, 0.5) is 5.82 Å². The van der Waals surface area contributed by atoms with E-state index in [9.17, 15) is 4.79 Å². The average molecular weight is 399 g/mol. The van der Waals surface area contributed by atoms with E-state index >= 15 is 0 Å². The number of carbonyl (C=O) groups is 1. The Bertz CT molecular complexity index is 834. The lowest BCUT2D eigenvalue weighted by Crippen LogP contribution is -2.53. The highest BCUT2D eigenvalue weighted by Crippen LogP contribution is 2.33. The van der Waals surface area contributed by atoms with Gasteiger partial charge in [-0.05, 0) is 32.0 Å². The molecule has 0 aromatic carbocycles. The zero-order valence-corrected chi connectivity index (χ0v) is 17.3. The number of morpholine rings is 1. The molecule has 0 aliphatic carbocycles. The minimum atomic E-state index is -0.667. The minimum Gasteiger partial charge on any atom is -0.378 e. The number of aryl methyl sites for hydroxylation is 1. The summed E-state index contributed by atoms with van der Waals surface area (Å²) in [4.78, 5) is 26.7. The maximum Gasteiger partial charge on any atom is 0.233 e. The van der Waals surface area contributed by atoms with E-state index in [2.05, 4.69) is 39.3 Å². The molecule has 0 spiro atoms. The van der Waals surface area contributed by atoms with Crippen LogP contribution in [0.5, 0.6) is 0 Å². The van der Waals surface area contributed by atoms with Gasteiger partial charge in [0.15, 0.2) is 0 Å². The van der Waals surface area contributed by atoms with E-state index in [-0.39, 0.29) is 5.91 Å². The Hall–Kier alpha value is -2.45. The molecule has 1 N–H and O–H groups in total. The summed E-state index contributed by atoms with van der Waals surface area (Å²) in [5.74, 6) is 0.985. The molecule has 1 saturated heterocycles. The van der Waals surface area contributed by atoms with Crippen molar-refractivity contribution in [2.75, 3.05) is 51.3 Å². The molecular weight excluding hydrogens is 368 g/mol. The van der Waals surface area contributed by atoms with Crippen LogP contribution in [0.3, 0.4) is 0 Å². The highest BCUT2D eigenvalue weighted by molar-refractivity contribution is 5.88. The Labute approximate surface area is 171 Å². The number of likely N-dealkylation sites (N-methyl/N-ethyl adjacent to an activating group) is 1. The van der Waals surface area contributed by atoms with Crippen molar-refractivity contribution >= 4 is 11.7 Å². The number of carbonyl (C=O) groups excluding carboxylic acids is 1. The van der Waals surface area contributed by atoms with E-state index in [1.807, 2.05) is 17.7 Å². The molecule has 8 heteroatoms. The largest absolute Gasteiger partial charge is 0.378 e. The Kier molecular flexibility index (Phi) is 5.82. The number of rotatable bonds is 6. The molecule has 1 atom stereocenters. The van der Waals surface area contributed by atoms with Gasteiger partial charge < -0.3 is 24.4 Å². The normalized spacial score (nSPS) is 22.3. The lowest BCUT2D eigenvalue weighted by atomic mass is 9.79. The summed E-state index contributed by atoms with van der Waals surface area (Å²) in [7, 11) is 2.06. The maximum atomic E-state index is 13.2. The molecule has 2 aliphatic rings. The van der Waals surface area contributed by atoms with Crippen molar-refractivity contribution < 1.29 is 9.53 Å². The summed E-state index contributed by atoms with van der Waals surface area (Å²) in [5, 5.41) is 3.14. The van der Waals surface area contributed by atoms with Crippen molar-refractivity contribution in [2.24, 2.45) is 0 Å². The quantitative estimate of drug-likeness (QED) is 0.733. The molecule has 0 bridgehead atoms. The van der Waals surface area contributed by atoms with Crippen LogP contribution in [0.2, 0.25) is 0 Å². The van der Waals surface area contributed by atoms with Gasteiger partial charge in [-0.2, -0.15) is 0 Å². The Balaban J connectivity index is 1.48. The first kappa shape index (κ1) is 19.8. The number of anilines is 1. The molecule has 2 aromatic heterocycles. The number of ether oxygens (including phenoxy) is 1. The second kappa shape index (κ2) is 8.51. The van der Waals surface area contributed by atoms with Gasteiger partial charge in [0.25, 0.3) is 0 Å². The van der Waals surface area contributed by atoms with Crippen LogP contribution in [-0.4, -0.2) is 71.8 Å². The molecule has 4 heterocycles. The van der Waals surface area contributed by atoms with Crippen molar-refractivity contribution in [3.05, 3.63) is 42.1 Å². The van der Waals surface area contributed by atoms with Gasteiger partial charge in [-0.25, -0.2) is 9.97 Å². The molecule has 2 aromatic rings. The van der Waals surface area contributed by atoms with Crippen molar-refractivity contribution in [3.63, 3.8) is 0 Å². The van der Waals surface area contributed by atoms with Crippen molar-refractivity contribution in [1.29, 1.82) is 0 Å².